The van der Waals surface area contributed by atoms with Gasteiger partial charge in [-0.25, -0.2) is 16.7 Å². The summed E-state index contributed by atoms with van der Waals surface area (Å²) in [4.78, 5) is 0. The molecule has 2 unspecified atom stereocenters. The summed E-state index contributed by atoms with van der Waals surface area (Å²) in [6.45, 7) is 6.72. The summed E-state index contributed by atoms with van der Waals surface area (Å²) in [5.74, 6) is 0. The number of hydrogen-bond donors (Lipinski definition) is 0. The first-order chi connectivity index (χ1) is 12.9. The highest BCUT2D eigenvalue weighted by molar-refractivity contribution is 7.82. The molecular formula is C14H27BO11S2. The van der Waals surface area contributed by atoms with Gasteiger partial charge >= 0.3 is 28.1 Å². The van der Waals surface area contributed by atoms with Gasteiger partial charge in [0.1, 0.15) is 12.2 Å². The van der Waals surface area contributed by atoms with Crippen LogP contribution in [0.2, 0.25) is 0 Å². The molecule has 0 bridgehead atoms. The fourth-order valence-corrected chi connectivity index (χ4v) is 3.99. The second kappa shape index (κ2) is 10.1. The Morgan fingerprint density at radius 1 is 0.857 bits per heavy atom. The summed E-state index contributed by atoms with van der Waals surface area (Å²) in [6, 6.07) is 0. The summed E-state index contributed by atoms with van der Waals surface area (Å²) >= 11 is 0. The van der Waals surface area contributed by atoms with E-state index in [0.717, 1.165) is 0 Å². The smallest absolute Gasteiger partial charge is 0.386 e. The molecule has 0 aromatic heterocycles. The van der Waals surface area contributed by atoms with Crippen molar-refractivity contribution in [3.63, 3.8) is 0 Å². The van der Waals surface area contributed by atoms with E-state index in [-0.39, 0.29) is 31.8 Å². The Balaban J connectivity index is 1.69. The lowest BCUT2D eigenvalue weighted by molar-refractivity contribution is 0.0562. The van der Waals surface area contributed by atoms with Gasteiger partial charge in [0, 0.05) is 19.8 Å². The van der Waals surface area contributed by atoms with Crippen LogP contribution in [-0.2, 0) is 51.5 Å². The molecule has 2 atom stereocenters. The van der Waals surface area contributed by atoms with Crippen molar-refractivity contribution in [2.75, 3.05) is 33.0 Å². The van der Waals surface area contributed by atoms with Crippen LogP contribution in [0.5, 0.6) is 0 Å². The molecule has 2 aliphatic heterocycles. The third kappa shape index (κ3) is 9.46. The van der Waals surface area contributed by atoms with Gasteiger partial charge in [0.15, 0.2) is 0 Å². The molecule has 2 fully saturated rings. The molecular weight excluding hydrogens is 419 g/mol. The fraction of sp³-hybridized carbons (Fsp3) is 1.00. The minimum absolute atomic E-state index is 0.00481. The van der Waals surface area contributed by atoms with Crippen molar-refractivity contribution in [3.8, 4) is 0 Å². The van der Waals surface area contributed by atoms with Crippen LogP contribution in [0.4, 0.5) is 0 Å². The molecule has 2 heterocycles. The van der Waals surface area contributed by atoms with Crippen LogP contribution >= 0.6 is 0 Å². The Hall–Kier alpha value is -0.315. The molecule has 0 radical (unpaired) electrons. The first-order valence-electron chi connectivity index (χ1n) is 8.94. The van der Waals surface area contributed by atoms with Gasteiger partial charge in [0.25, 0.3) is 0 Å². The molecule has 0 aromatic carbocycles. The third-order valence-corrected chi connectivity index (χ3v) is 5.44. The Morgan fingerprint density at radius 3 is 1.89 bits per heavy atom. The Kier molecular flexibility index (Phi) is 8.67. The summed E-state index contributed by atoms with van der Waals surface area (Å²) < 4.78 is 79.5. The molecule has 2 aliphatic rings. The van der Waals surface area contributed by atoms with E-state index < -0.39 is 40.3 Å². The molecule has 2 saturated heterocycles. The van der Waals surface area contributed by atoms with Crippen LogP contribution in [0.3, 0.4) is 0 Å². The van der Waals surface area contributed by atoms with Crippen LogP contribution in [-0.4, -0.2) is 69.4 Å². The van der Waals surface area contributed by atoms with E-state index in [1.807, 2.05) is 20.8 Å². The molecule has 0 amide bonds. The maximum absolute atomic E-state index is 11.1. The van der Waals surface area contributed by atoms with Gasteiger partial charge in [-0.1, -0.05) is 20.8 Å². The quantitative estimate of drug-likeness (QED) is 0.326. The van der Waals surface area contributed by atoms with E-state index in [1.165, 1.54) is 0 Å². The second-order valence-electron chi connectivity index (χ2n) is 7.65. The van der Waals surface area contributed by atoms with Crippen LogP contribution in [0, 0.1) is 5.41 Å². The molecule has 0 aromatic rings. The molecule has 0 N–H and O–H groups in total. The van der Waals surface area contributed by atoms with Gasteiger partial charge in [-0.15, -0.1) is 0 Å². The topological polar surface area (TPSA) is 133 Å². The second-order valence-corrected chi connectivity index (χ2v) is 10.1. The zero-order chi connectivity index (χ0) is 20.8. The Labute approximate surface area is 166 Å². The van der Waals surface area contributed by atoms with Crippen LogP contribution in [0.1, 0.15) is 40.0 Å². The first kappa shape index (κ1) is 24.0. The minimum Gasteiger partial charge on any atom is -0.386 e. The van der Waals surface area contributed by atoms with Gasteiger partial charge < -0.3 is 14.0 Å². The average Bonchev–Trinajstić information content (AvgIpc) is 3.08. The molecule has 11 nitrogen and oxygen atoms in total. The lowest BCUT2D eigenvalue weighted by atomic mass is 9.98. The largest absolute Gasteiger partial charge is 0.639 e. The molecule has 28 heavy (non-hydrogen) atoms. The van der Waals surface area contributed by atoms with Crippen LogP contribution < -0.4 is 0 Å². The third-order valence-electron chi connectivity index (χ3n) is 3.57. The molecule has 0 spiro atoms. The van der Waals surface area contributed by atoms with Gasteiger partial charge in [-0.3, -0.25) is 0 Å². The zero-order valence-corrected chi connectivity index (χ0v) is 17.8. The van der Waals surface area contributed by atoms with Crippen molar-refractivity contribution in [2.45, 2.75) is 52.2 Å². The first-order valence-corrected chi connectivity index (χ1v) is 11.6. The Morgan fingerprint density at radius 2 is 1.39 bits per heavy atom. The van der Waals surface area contributed by atoms with Crippen molar-refractivity contribution >= 4 is 28.1 Å². The molecule has 0 aliphatic carbocycles. The monoisotopic (exact) mass is 446 g/mol. The summed E-state index contributed by atoms with van der Waals surface area (Å²) in [6.07, 6.45) is 0.124. The van der Waals surface area contributed by atoms with Crippen molar-refractivity contribution in [3.05, 3.63) is 0 Å². The van der Waals surface area contributed by atoms with E-state index in [1.54, 1.807) is 0 Å². The van der Waals surface area contributed by atoms with E-state index >= 15 is 0 Å². The van der Waals surface area contributed by atoms with Crippen LogP contribution in [0.15, 0.2) is 0 Å². The molecule has 164 valence electrons. The normalized spacial score (nSPS) is 26.5. The summed E-state index contributed by atoms with van der Waals surface area (Å²) in [5, 5.41) is 0. The highest BCUT2D eigenvalue weighted by Crippen LogP contribution is 2.18. The van der Waals surface area contributed by atoms with E-state index in [2.05, 4.69) is 8.37 Å². The van der Waals surface area contributed by atoms with Gasteiger partial charge in [-0.05, 0) is 24.7 Å². The summed E-state index contributed by atoms with van der Waals surface area (Å²) in [7, 11) is -8.69. The number of rotatable bonds is 11. The SMILES string of the molecule is CC(C)(C)COB(OCCCC1COS(=O)(=O)O1)OCCC1COS(=O)(=O)O1. The standard InChI is InChI=1S/C14H27BO11S2/c1-14(2,3)11-22-15(21-8-6-13-10-24-28(18,19)26-13)20-7-4-5-12-9-23-27(16,17)25-12/h12-13H,4-11H2,1-3H3. The van der Waals surface area contributed by atoms with Gasteiger partial charge in [0.05, 0.1) is 13.2 Å². The summed E-state index contributed by atoms with van der Waals surface area (Å²) in [5.41, 5.74) is -0.106. The van der Waals surface area contributed by atoms with Gasteiger partial charge in [0.2, 0.25) is 0 Å². The van der Waals surface area contributed by atoms with Gasteiger partial charge in [-0.2, -0.15) is 16.8 Å². The lowest BCUT2D eigenvalue weighted by Crippen LogP contribution is -2.33. The van der Waals surface area contributed by atoms with Crippen LogP contribution in [0.25, 0.3) is 0 Å². The average molecular weight is 446 g/mol. The predicted molar refractivity (Wildman–Crippen MR) is 96.4 cm³/mol. The minimum atomic E-state index is -3.89. The predicted octanol–water partition coefficient (Wildman–Crippen LogP) is 0.558. The lowest BCUT2D eigenvalue weighted by Gasteiger charge is -2.22. The highest BCUT2D eigenvalue weighted by atomic mass is 32.3. The van der Waals surface area contributed by atoms with E-state index in [0.29, 0.717) is 25.9 Å². The maximum atomic E-state index is 11.1. The van der Waals surface area contributed by atoms with Crippen molar-refractivity contribution in [1.82, 2.24) is 0 Å². The Bertz CT molecular complexity index is 689. The maximum Gasteiger partial charge on any atom is 0.639 e. The molecule has 0 saturated carbocycles. The highest BCUT2D eigenvalue weighted by Gasteiger charge is 2.32. The fourth-order valence-electron chi connectivity index (χ4n) is 2.27. The van der Waals surface area contributed by atoms with Crippen molar-refractivity contribution < 1.29 is 47.5 Å². The molecule has 14 heteroatoms. The van der Waals surface area contributed by atoms with E-state index in [4.69, 9.17) is 22.3 Å². The van der Waals surface area contributed by atoms with Crippen molar-refractivity contribution in [2.24, 2.45) is 5.41 Å². The zero-order valence-electron chi connectivity index (χ0n) is 16.2. The van der Waals surface area contributed by atoms with E-state index in [9.17, 15) is 16.8 Å². The number of hydrogen-bond acceptors (Lipinski definition) is 11. The van der Waals surface area contributed by atoms with Crippen molar-refractivity contribution in [1.29, 1.82) is 0 Å². The molecule has 2 rings (SSSR count).